The van der Waals surface area contributed by atoms with Gasteiger partial charge in [0.1, 0.15) is 12.4 Å². The predicted molar refractivity (Wildman–Crippen MR) is 86.8 cm³/mol. The van der Waals surface area contributed by atoms with Crippen molar-refractivity contribution in [2.75, 3.05) is 6.54 Å². The van der Waals surface area contributed by atoms with Gasteiger partial charge in [0.2, 0.25) is 11.8 Å². The molecule has 1 amide bonds. The number of carbonyl (C=O) groups is 1. The van der Waals surface area contributed by atoms with Crippen molar-refractivity contribution in [3.63, 3.8) is 0 Å². The molecule has 0 spiro atoms. The molecule has 2 aromatic heterocycles. The molecule has 9 nitrogen and oxygen atoms in total. The van der Waals surface area contributed by atoms with E-state index in [0.717, 1.165) is 44.3 Å². The molecule has 1 atom stereocenters. The first-order valence-electron chi connectivity index (χ1n) is 8.89. The second-order valence-corrected chi connectivity index (χ2v) is 6.74. The zero-order chi connectivity index (χ0) is 17.4. The third-order valence-corrected chi connectivity index (χ3v) is 4.98. The summed E-state index contributed by atoms with van der Waals surface area (Å²) < 4.78 is 8.06. The van der Waals surface area contributed by atoms with Crippen LogP contribution in [0.1, 0.15) is 55.7 Å². The zero-order valence-corrected chi connectivity index (χ0v) is 14.3. The first-order valence-corrected chi connectivity index (χ1v) is 8.89. The average molecular weight is 346 g/mol. The maximum absolute atomic E-state index is 12.8. The molecule has 9 heteroatoms. The van der Waals surface area contributed by atoms with Crippen LogP contribution in [0.15, 0.2) is 9.32 Å². The number of nitrogens with zero attached hydrogens (tertiary/aromatic N) is 6. The molecule has 1 saturated heterocycles. The van der Waals surface area contributed by atoms with Crippen LogP contribution >= 0.6 is 0 Å². The Morgan fingerprint density at radius 3 is 2.92 bits per heavy atom. The average Bonchev–Trinajstić information content (AvgIpc) is 3.25. The minimum absolute atomic E-state index is 0.0355. The summed E-state index contributed by atoms with van der Waals surface area (Å²) in [7, 11) is 0. The minimum atomic E-state index is -0.184. The number of aromatic nitrogens is 5. The second kappa shape index (κ2) is 6.45. The fourth-order valence-electron chi connectivity index (χ4n) is 3.73. The molecule has 4 heterocycles. The molecule has 0 aromatic carbocycles. The van der Waals surface area contributed by atoms with E-state index in [1.54, 1.807) is 16.4 Å². The van der Waals surface area contributed by atoms with Gasteiger partial charge >= 0.3 is 5.69 Å². The normalized spacial score (nSPS) is 20.5. The van der Waals surface area contributed by atoms with Gasteiger partial charge in [-0.25, -0.2) is 9.48 Å². The number of hydrogen-bond donors (Lipinski definition) is 0. The van der Waals surface area contributed by atoms with E-state index in [9.17, 15) is 9.59 Å². The molecule has 134 valence electrons. The molecule has 0 N–H and O–H groups in total. The third kappa shape index (κ3) is 2.98. The first kappa shape index (κ1) is 16.0. The third-order valence-electron chi connectivity index (χ3n) is 4.98. The van der Waals surface area contributed by atoms with Crippen molar-refractivity contribution >= 4 is 5.91 Å². The molecular weight excluding hydrogens is 324 g/mol. The zero-order valence-electron chi connectivity index (χ0n) is 14.3. The summed E-state index contributed by atoms with van der Waals surface area (Å²) in [5.74, 6) is 1.70. The van der Waals surface area contributed by atoms with Gasteiger partial charge in [0.15, 0.2) is 5.82 Å². The molecule has 4 rings (SSSR count). The van der Waals surface area contributed by atoms with E-state index in [2.05, 4.69) is 15.2 Å². The quantitative estimate of drug-likeness (QED) is 0.816. The van der Waals surface area contributed by atoms with Crippen molar-refractivity contribution in [2.45, 2.75) is 64.6 Å². The minimum Gasteiger partial charge on any atom is -0.340 e. The van der Waals surface area contributed by atoms with E-state index in [1.807, 2.05) is 0 Å². The fraction of sp³-hybridized carbons (Fsp3) is 0.688. The van der Waals surface area contributed by atoms with Crippen LogP contribution in [0.5, 0.6) is 0 Å². The molecule has 0 bridgehead atoms. The molecule has 2 aromatic rings. The van der Waals surface area contributed by atoms with Crippen LogP contribution in [0.2, 0.25) is 0 Å². The number of aryl methyl sites for hydroxylation is 2. The molecule has 0 saturated carbocycles. The number of carbonyl (C=O) groups excluding carboxylic acids is 1. The van der Waals surface area contributed by atoms with E-state index in [4.69, 9.17) is 4.52 Å². The van der Waals surface area contributed by atoms with Crippen molar-refractivity contribution in [1.82, 2.24) is 29.4 Å². The smallest absolute Gasteiger partial charge is 0.340 e. The van der Waals surface area contributed by atoms with Gasteiger partial charge in [-0.05, 0) is 25.7 Å². The van der Waals surface area contributed by atoms with Crippen LogP contribution in [0, 0.1) is 6.92 Å². The van der Waals surface area contributed by atoms with Crippen LogP contribution in [-0.2, 0) is 24.3 Å². The highest BCUT2D eigenvalue weighted by Crippen LogP contribution is 2.30. The van der Waals surface area contributed by atoms with Crippen molar-refractivity contribution in [2.24, 2.45) is 0 Å². The Morgan fingerprint density at radius 2 is 2.12 bits per heavy atom. The summed E-state index contributed by atoms with van der Waals surface area (Å²) in [6, 6.07) is -0.180. The molecule has 2 aliphatic rings. The molecule has 1 fully saturated rings. The number of rotatable bonds is 3. The summed E-state index contributed by atoms with van der Waals surface area (Å²) in [6.07, 6.45) is 5.62. The lowest BCUT2D eigenvalue weighted by Crippen LogP contribution is -2.37. The van der Waals surface area contributed by atoms with Gasteiger partial charge in [0.05, 0.1) is 6.04 Å². The maximum Gasteiger partial charge on any atom is 0.346 e. The van der Waals surface area contributed by atoms with E-state index < -0.39 is 0 Å². The predicted octanol–water partition coefficient (Wildman–Crippen LogP) is 0.826. The topological polar surface area (TPSA) is 99.1 Å². The Morgan fingerprint density at radius 1 is 1.24 bits per heavy atom. The SMILES string of the molecule is Cc1nc([C@H]2CCCN2C(=O)Cn2nc3n(c2=O)CCCCC3)no1. The van der Waals surface area contributed by atoms with Crippen LogP contribution < -0.4 is 5.69 Å². The Bertz CT molecular complexity index is 835. The standard InChI is InChI=1S/C16H22N6O3/c1-11-17-15(19-25-11)12-6-5-9-20(12)14(23)10-22-16(24)21-8-4-2-3-7-13(21)18-22/h12H,2-10H2,1H3/t12-/m1/s1. The Hall–Kier alpha value is -2.45. The molecule has 25 heavy (non-hydrogen) atoms. The van der Waals surface area contributed by atoms with Crippen LogP contribution in [0.3, 0.4) is 0 Å². The number of fused-ring (bicyclic) bond motifs is 1. The molecular formula is C16H22N6O3. The van der Waals surface area contributed by atoms with Crippen LogP contribution in [0.25, 0.3) is 0 Å². The first-order chi connectivity index (χ1) is 12.1. The summed E-state index contributed by atoms with van der Waals surface area (Å²) in [5, 5.41) is 8.34. The van der Waals surface area contributed by atoms with Gasteiger partial charge in [0.25, 0.3) is 0 Å². The van der Waals surface area contributed by atoms with Crippen molar-refractivity contribution in [3.05, 3.63) is 28.0 Å². The fourth-order valence-corrected chi connectivity index (χ4v) is 3.73. The van der Waals surface area contributed by atoms with E-state index in [0.29, 0.717) is 24.8 Å². The van der Waals surface area contributed by atoms with Crippen LogP contribution in [-0.4, -0.2) is 41.8 Å². The van der Waals surface area contributed by atoms with Crippen molar-refractivity contribution < 1.29 is 9.32 Å². The lowest BCUT2D eigenvalue weighted by Gasteiger charge is -2.21. The van der Waals surface area contributed by atoms with E-state index in [-0.39, 0.29) is 24.2 Å². The number of likely N-dealkylation sites (tertiary alicyclic amines) is 1. The van der Waals surface area contributed by atoms with E-state index in [1.165, 1.54) is 4.68 Å². The summed E-state index contributed by atoms with van der Waals surface area (Å²) in [4.78, 5) is 31.3. The summed E-state index contributed by atoms with van der Waals surface area (Å²) in [5.41, 5.74) is -0.184. The lowest BCUT2D eigenvalue weighted by atomic mass is 10.2. The molecule has 2 aliphatic heterocycles. The summed E-state index contributed by atoms with van der Waals surface area (Å²) >= 11 is 0. The van der Waals surface area contributed by atoms with Crippen LogP contribution in [0.4, 0.5) is 0 Å². The largest absolute Gasteiger partial charge is 0.346 e. The highest BCUT2D eigenvalue weighted by molar-refractivity contribution is 5.76. The summed E-state index contributed by atoms with van der Waals surface area (Å²) in [6.45, 7) is 3.03. The van der Waals surface area contributed by atoms with Crippen molar-refractivity contribution in [3.8, 4) is 0 Å². The van der Waals surface area contributed by atoms with Gasteiger partial charge < -0.3 is 9.42 Å². The van der Waals surface area contributed by atoms with Gasteiger partial charge in [0, 0.05) is 26.4 Å². The monoisotopic (exact) mass is 346 g/mol. The molecule has 0 aliphatic carbocycles. The molecule has 0 radical (unpaired) electrons. The van der Waals surface area contributed by atoms with Gasteiger partial charge in [-0.1, -0.05) is 11.6 Å². The Labute approximate surface area is 144 Å². The second-order valence-electron chi connectivity index (χ2n) is 6.74. The lowest BCUT2D eigenvalue weighted by molar-refractivity contribution is -0.133. The van der Waals surface area contributed by atoms with Crippen molar-refractivity contribution in [1.29, 1.82) is 0 Å². The highest BCUT2D eigenvalue weighted by atomic mass is 16.5. The highest BCUT2D eigenvalue weighted by Gasteiger charge is 2.33. The number of amides is 1. The molecule has 0 unspecified atom stereocenters. The number of hydrogen-bond acceptors (Lipinski definition) is 6. The van der Waals surface area contributed by atoms with Gasteiger partial charge in [-0.3, -0.25) is 9.36 Å². The van der Waals surface area contributed by atoms with E-state index >= 15 is 0 Å². The Kier molecular flexibility index (Phi) is 4.14. The van der Waals surface area contributed by atoms with Gasteiger partial charge in [-0.2, -0.15) is 10.1 Å². The maximum atomic E-state index is 12.8. The van der Waals surface area contributed by atoms with Gasteiger partial charge in [-0.15, -0.1) is 0 Å². The Balaban J connectivity index is 1.53.